The molecular formula is C19H27N3O2. The minimum atomic E-state index is 0.0200. The van der Waals surface area contributed by atoms with Crippen LogP contribution in [-0.4, -0.2) is 22.2 Å². The van der Waals surface area contributed by atoms with E-state index in [1.54, 1.807) is 0 Å². The molecule has 2 aromatic heterocycles. The molecule has 1 saturated carbocycles. The molecule has 1 aliphatic heterocycles. The lowest BCUT2D eigenvalue weighted by atomic mass is 10.0. The summed E-state index contributed by atoms with van der Waals surface area (Å²) in [4.78, 5) is 4.53. The maximum absolute atomic E-state index is 6.06. The fourth-order valence-corrected chi connectivity index (χ4v) is 3.73. The van der Waals surface area contributed by atoms with Gasteiger partial charge in [0.2, 0.25) is 0 Å². The number of ether oxygens (including phenoxy) is 1. The number of furan rings is 1. The van der Waals surface area contributed by atoms with Gasteiger partial charge in [0.15, 0.2) is 0 Å². The number of aromatic nitrogens is 2. The summed E-state index contributed by atoms with van der Waals surface area (Å²) in [5, 5.41) is 3.64. The Hall–Kier alpha value is -1.59. The molecule has 2 fully saturated rings. The van der Waals surface area contributed by atoms with Crippen LogP contribution < -0.4 is 5.32 Å². The lowest BCUT2D eigenvalue weighted by Gasteiger charge is -2.32. The summed E-state index contributed by atoms with van der Waals surface area (Å²) < 4.78 is 14.2. The normalized spacial score (nSPS) is 29.8. The second kappa shape index (κ2) is 6.73. The molecule has 24 heavy (non-hydrogen) atoms. The Morgan fingerprint density at radius 3 is 3.04 bits per heavy atom. The number of imidazole rings is 1. The smallest absolute Gasteiger partial charge is 0.139 e. The van der Waals surface area contributed by atoms with Gasteiger partial charge in [0.1, 0.15) is 23.4 Å². The van der Waals surface area contributed by atoms with E-state index in [-0.39, 0.29) is 12.1 Å². The number of nitrogens with one attached hydrogen (secondary N) is 1. The molecule has 4 atom stereocenters. The van der Waals surface area contributed by atoms with Gasteiger partial charge in [-0.1, -0.05) is 6.92 Å². The number of hydrogen-bond acceptors (Lipinski definition) is 4. The van der Waals surface area contributed by atoms with Crippen LogP contribution in [0.25, 0.3) is 0 Å². The Bertz CT molecular complexity index is 678. The molecule has 130 valence electrons. The van der Waals surface area contributed by atoms with Crippen LogP contribution in [0.2, 0.25) is 0 Å². The zero-order valence-electron chi connectivity index (χ0n) is 14.6. The molecule has 0 bridgehead atoms. The van der Waals surface area contributed by atoms with E-state index < -0.39 is 0 Å². The highest BCUT2D eigenvalue weighted by atomic mass is 16.5. The van der Waals surface area contributed by atoms with Crippen molar-refractivity contribution in [1.82, 2.24) is 14.9 Å². The summed E-state index contributed by atoms with van der Waals surface area (Å²) >= 11 is 0. The summed E-state index contributed by atoms with van der Waals surface area (Å²) in [7, 11) is 0. The molecule has 0 aromatic carbocycles. The van der Waals surface area contributed by atoms with Crippen molar-refractivity contribution in [3.05, 3.63) is 41.9 Å². The van der Waals surface area contributed by atoms with Crippen molar-refractivity contribution in [3.63, 3.8) is 0 Å². The predicted octanol–water partition coefficient (Wildman–Crippen LogP) is 3.63. The van der Waals surface area contributed by atoms with E-state index >= 15 is 0 Å². The van der Waals surface area contributed by atoms with E-state index in [0.717, 1.165) is 55.8 Å². The highest BCUT2D eigenvalue weighted by Crippen LogP contribution is 2.47. The van der Waals surface area contributed by atoms with Crippen LogP contribution in [-0.2, 0) is 17.8 Å². The monoisotopic (exact) mass is 329 g/mol. The van der Waals surface area contributed by atoms with Gasteiger partial charge in [-0.3, -0.25) is 0 Å². The Labute approximate surface area is 143 Å². The van der Waals surface area contributed by atoms with Crippen LogP contribution in [0.15, 0.2) is 28.9 Å². The van der Waals surface area contributed by atoms with Gasteiger partial charge in [-0.2, -0.15) is 0 Å². The average molecular weight is 329 g/mol. The Kier molecular flexibility index (Phi) is 4.46. The van der Waals surface area contributed by atoms with Crippen molar-refractivity contribution in [3.8, 4) is 0 Å². The third-order valence-electron chi connectivity index (χ3n) is 5.36. The van der Waals surface area contributed by atoms with Gasteiger partial charge in [-0.25, -0.2) is 4.98 Å². The van der Waals surface area contributed by atoms with Crippen LogP contribution in [0.3, 0.4) is 0 Å². The third-order valence-corrected chi connectivity index (χ3v) is 5.36. The van der Waals surface area contributed by atoms with Crippen LogP contribution in [0.4, 0.5) is 0 Å². The first-order valence-corrected chi connectivity index (χ1v) is 9.21. The maximum Gasteiger partial charge on any atom is 0.139 e. The number of aryl methyl sites for hydroxylation is 1. The van der Waals surface area contributed by atoms with Crippen LogP contribution in [0, 0.1) is 5.92 Å². The van der Waals surface area contributed by atoms with Crippen molar-refractivity contribution in [2.45, 2.75) is 64.3 Å². The molecule has 0 spiro atoms. The highest BCUT2D eigenvalue weighted by Gasteiger charge is 2.36. The second-order valence-electron chi connectivity index (χ2n) is 7.12. The molecular weight excluding hydrogens is 302 g/mol. The van der Waals surface area contributed by atoms with E-state index in [2.05, 4.69) is 40.8 Å². The zero-order valence-corrected chi connectivity index (χ0v) is 14.6. The summed E-state index contributed by atoms with van der Waals surface area (Å²) in [5.41, 5.74) is 0. The standard InChI is InChI=1S/C19H27N3O2/c1-3-22-9-8-20-19(22)18-16(5-4-10-23-18)21-12-14-6-7-17(24-14)15-11-13(15)2/h6-9,13,15-16,18,21H,3-5,10-12H2,1-2H3/t13-,15+,16+,18+/m1/s1. The molecule has 1 aliphatic carbocycles. The lowest BCUT2D eigenvalue weighted by Crippen LogP contribution is -2.40. The third kappa shape index (κ3) is 3.15. The zero-order chi connectivity index (χ0) is 16.5. The quantitative estimate of drug-likeness (QED) is 0.879. The van der Waals surface area contributed by atoms with Gasteiger partial charge < -0.3 is 19.0 Å². The molecule has 4 rings (SSSR count). The first-order chi connectivity index (χ1) is 11.8. The molecule has 1 N–H and O–H groups in total. The van der Waals surface area contributed by atoms with Crippen LogP contribution in [0.5, 0.6) is 0 Å². The SMILES string of the molecule is CCn1ccnc1[C@H]1OCCC[C@@H]1NCc1ccc([C@H]2C[C@H]2C)o1. The van der Waals surface area contributed by atoms with E-state index in [0.29, 0.717) is 5.92 Å². The van der Waals surface area contributed by atoms with Crippen molar-refractivity contribution >= 4 is 0 Å². The molecule has 2 aromatic rings. The number of nitrogens with zero attached hydrogens (tertiary/aromatic N) is 2. The van der Waals surface area contributed by atoms with E-state index in [9.17, 15) is 0 Å². The maximum atomic E-state index is 6.06. The van der Waals surface area contributed by atoms with Gasteiger partial charge in [-0.05, 0) is 44.2 Å². The van der Waals surface area contributed by atoms with E-state index in [1.165, 1.54) is 6.42 Å². The number of rotatable bonds is 6. The molecule has 2 aliphatic rings. The van der Waals surface area contributed by atoms with Crippen molar-refractivity contribution < 1.29 is 9.15 Å². The molecule has 3 heterocycles. The topological polar surface area (TPSA) is 52.2 Å². The first kappa shape index (κ1) is 15.9. The predicted molar refractivity (Wildman–Crippen MR) is 91.7 cm³/mol. The van der Waals surface area contributed by atoms with Gasteiger partial charge in [0.25, 0.3) is 0 Å². The summed E-state index contributed by atoms with van der Waals surface area (Å²) in [6.45, 7) is 6.90. The van der Waals surface area contributed by atoms with Gasteiger partial charge in [-0.15, -0.1) is 0 Å². The highest BCUT2D eigenvalue weighted by molar-refractivity contribution is 5.17. The van der Waals surface area contributed by atoms with Gasteiger partial charge in [0.05, 0.1) is 6.54 Å². The minimum absolute atomic E-state index is 0.0200. The Morgan fingerprint density at radius 1 is 1.38 bits per heavy atom. The molecule has 5 nitrogen and oxygen atoms in total. The van der Waals surface area contributed by atoms with Crippen molar-refractivity contribution in [2.24, 2.45) is 5.92 Å². The lowest BCUT2D eigenvalue weighted by molar-refractivity contribution is -0.0186. The molecule has 0 unspecified atom stereocenters. The van der Waals surface area contributed by atoms with E-state index in [1.807, 2.05) is 12.4 Å². The van der Waals surface area contributed by atoms with Crippen LogP contribution >= 0.6 is 0 Å². The minimum Gasteiger partial charge on any atom is -0.464 e. The van der Waals surface area contributed by atoms with Crippen LogP contribution in [0.1, 0.15) is 62.5 Å². The van der Waals surface area contributed by atoms with Crippen molar-refractivity contribution in [2.75, 3.05) is 6.61 Å². The summed E-state index contributed by atoms with van der Waals surface area (Å²) in [6, 6.07) is 4.53. The largest absolute Gasteiger partial charge is 0.464 e. The number of hydrogen-bond donors (Lipinski definition) is 1. The van der Waals surface area contributed by atoms with Crippen molar-refractivity contribution in [1.29, 1.82) is 0 Å². The summed E-state index contributed by atoms with van der Waals surface area (Å²) in [6.07, 6.45) is 7.37. The first-order valence-electron chi connectivity index (χ1n) is 9.21. The molecule has 1 saturated heterocycles. The molecule has 0 radical (unpaired) electrons. The van der Waals surface area contributed by atoms with E-state index in [4.69, 9.17) is 9.15 Å². The van der Waals surface area contributed by atoms with Gasteiger partial charge >= 0.3 is 0 Å². The molecule has 5 heteroatoms. The summed E-state index contributed by atoms with van der Waals surface area (Å²) in [5.74, 6) is 4.62. The van der Waals surface area contributed by atoms with Gasteiger partial charge in [0, 0.05) is 37.5 Å². The fourth-order valence-electron chi connectivity index (χ4n) is 3.73. The second-order valence-corrected chi connectivity index (χ2v) is 7.12. The molecule has 0 amide bonds. The fraction of sp³-hybridized carbons (Fsp3) is 0.632. The Morgan fingerprint density at radius 2 is 2.25 bits per heavy atom. The average Bonchev–Trinajstić information content (AvgIpc) is 3.04. The Balaban J connectivity index is 1.41.